The standard InChI is InChI=1S/C15H27N5O/c1-12(2)20-14(6-8-17-20)18-15(21)11-19-9-3-4-13(10-19)5-7-16/h6,8,12-13H,3-5,7,9-11,16H2,1-2H3,(H,18,21). The van der Waals surface area contributed by atoms with Crippen molar-refractivity contribution in [2.45, 2.75) is 39.2 Å². The van der Waals surface area contributed by atoms with Crippen molar-refractivity contribution in [3.05, 3.63) is 12.3 Å². The Hall–Kier alpha value is -1.40. The van der Waals surface area contributed by atoms with Crippen LogP contribution < -0.4 is 11.1 Å². The summed E-state index contributed by atoms with van der Waals surface area (Å²) in [5.74, 6) is 1.44. The highest BCUT2D eigenvalue weighted by Crippen LogP contribution is 2.19. The Morgan fingerprint density at radius 3 is 3.10 bits per heavy atom. The Balaban J connectivity index is 1.85. The highest BCUT2D eigenvalue weighted by Gasteiger charge is 2.21. The predicted octanol–water partition coefficient (Wildman–Crippen LogP) is 1.46. The van der Waals surface area contributed by atoms with Gasteiger partial charge in [0.1, 0.15) is 5.82 Å². The summed E-state index contributed by atoms with van der Waals surface area (Å²) >= 11 is 0. The molecule has 118 valence electrons. The van der Waals surface area contributed by atoms with E-state index in [-0.39, 0.29) is 11.9 Å². The highest BCUT2D eigenvalue weighted by atomic mass is 16.2. The maximum atomic E-state index is 12.2. The fourth-order valence-electron chi connectivity index (χ4n) is 2.98. The third-order valence-electron chi connectivity index (χ3n) is 3.97. The fraction of sp³-hybridized carbons (Fsp3) is 0.733. The van der Waals surface area contributed by atoms with E-state index in [4.69, 9.17) is 5.73 Å². The van der Waals surface area contributed by atoms with E-state index >= 15 is 0 Å². The summed E-state index contributed by atoms with van der Waals surface area (Å²) in [5.41, 5.74) is 5.63. The van der Waals surface area contributed by atoms with Gasteiger partial charge in [0.15, 0.2) is 0 Å². The summed E-state index contributed by atoms with van der Waals surface area (Å²) < 4.78 is 1.82. The zero-order chi connectivity index (χ0) is 15.2. The number of hydrogen-bond acceptors (Lipinski definition) is 4. The molecule has 3 N–H and O–H groups in total. The average Bonchev–Trinajstić information content (AvgIpc) is 2.87. The Morgan fingerprint density at radius 2 is 2.38 bits per heavy atom. The molecule has 1 amide bonds. The molecule has 0 aliphatic carbocycles. The molecule has 0 saturated carbocycles. The molecule has 1 aliphatic heterocycles. The third kappa shape index (κ3) is 4.54. The SMILES string of the molecule is CC(C)n1nccc1NC(=O)CN1CCCC(CCN)C1. The maximum Gasteiger partial charge on any atom is 0.239 e. The lowest BCUT2D eigenvalue weighted by Crippen LogP contribution is -2.41. The van der Waals surface area contributed by atoms with Crippen molar-refractivity contribution in [1.29, 1.82) is 0 Å². The lowest BCUT2D eigenvalue weighted by Gasteiger charge is -2.32. The molecule has 1 aromatic rings. The molecule has 1 unspecified atom stereocenters. The highest BCUT2D eigenvalue weighted by molar-refractivity contribution is 5.91. The van der Waals surface area contributed by atoms with Gasteiger partial charge in [-0.15, -0.1) is 0 Å². The smallest absolute Gasteiger partial charge is 0.239 e. The van der Waals surface area contributed by atoms with E-state index in [9.17, 15) is 4.79 Å². The average molecular weight is 293 g/mol. The van der Waals surface area contributed by atoms with Gasteiger partial charge in [-0.1, -0.05) is 0 Å². The first-order chi connectivity index (χ1) is 10.1. The van der Waals surface area contributed by atoms with E-state index in [1.807, 2.05) is 24.6 Å². The normalized spacial score (nSPS) is 19.9. The van der Waals surface area contributed by atoms with Crippen molar-refractivity contribution in [2.75, 3.05) is 31.5 Å². The van der Waals surface area contributed by atoms with Crippen molar-refractivity contribution >= 4 is 11.7 Å². The van der Waals surface area contributed by atoms with Crippen LogP contribution in [0.2, 0.25) is 0 Å². The first-order valence-corrected chi connectivity index (χ1v) is 7.86. The van der Waals surface area contributed by atoms with Gasteiger partial charge in [0.2, 0.25) is 5.91 Å². The molecule has 0 aromatic carbocycles. The second-order valence-electron chi connectivity index (χ2n) is 6.12. The van der Waals surface area contributed by atoms with Crippen LogP contribution in [0.1, 0.15) is 39.2 Å². The molecule has 6 nitrogen and oxygen atoms in total. The molecule has 1 aliphatic rings. The summed E-state index contributed by atoms with van der Waals surface area (Å²) in [6.07, 6.45) is 5.16. The fourth-order valence-corrected chi connectivity index (χ4v) is 2.98. The molecule has 0 spiro atoms. The molecule has 0 bridgehead atoms. The van der Waals surface area contributed by atoms with Crippen LogP contribution in [0.5, 0.6) is 0 Å². The van der Waals surface area contributed by atoms with Gasteiger partial charge in [-0.25, -0.2) is 4.68 Å². The number of hydrogen-bond donors (Lipinski definition) is 2. The van der Waals surface area contributed by atoms with Crippen molar-refractivity contribution in [1.82, 2.24) is 14.7 Å². The lowest BCUT2D eigenvalue weighted by molar-refractivity contribution is -0.117. The van der Waals surface area contributed by atoms with E-state index in [0.717, 1.165) is 38.3 Å². The second-order valence-corrected chi connectivity index (χ2v) is 6.12. The monoisotopic (exact) mass is 293 g/mol. The van der Waals surface area contributed by atoms with Crippen molar-refractivity contribution in [2.24, 2.45) is 11.7 Å². The number of rotatable bonds is 6. The molecule has 1 saturated heterocycles. The molecular weight excluding hydrogens is 266 g/mol. The van der Waals surface area contributed by atoms with E-state index in [0.29, 0.717) is 12.5 Å². The van der Waals surface area contributed by atoms with Crippen LogP contribution >= 0.6 is 0 Å². The van der Waals surface area contributed by atoms with Gasteiger partial charge in [0.25, 0.3) is 0 Å². The predicted molar refractivity (Wildman–Crippen MR) is 84.1 cm³/mol. The molecule has 2 heterocycles. The van der Waals surface area contributed by atoms with E-state index in [1.165, 1.54) is 6.42 Å². The molecule has 0 radical (unpaired) electrons. The summed E-state index contributed by atoms with van der Waals surface area (Å²) in [4.78, 5) is 14.4. The first kappa shape index (κ1) is 16.0. The second kappa shape index (κ2) is 7.56. The number of nitrogens with two attached hydrogens (primary N) is 1. The molecule has 1 aromatic heterocycles. The number of carbonyl (C=O) groups excluding carboxylic acids is 1. The van der Waals surface area contributed by atoms with Crippen LogP contribution in [0.3, 0.4) is 0 Å². The molecular formula is C15H27N5O. The van der Waals surface area contributed by atoms with Gasteiger partial charge in [0, 0.05) is 18.7 Å². The molecule has 2 rings (SSSR count). The number of piperidine rings is 1. The number of nitrogens with one attached hydrogen (secondary N) is 1. The summed E-state index contributed by atoms with van der Waals surface area (Å²) in [6.45, 7) is 7.25. The number of aromatic nitrogens is 2. The molecule has 21 heavy (non-hydrogen) atoms. The van der Waals surface area contributed by atoms with Gasteiger partial charge >= 0.3 is 0 Å². The van der Waals surface area contributed by atoms with E-state index < -0.39 is 0 Å². The minimum Gasteiger partial charge on any atom is -0.330 e. The number of nitrogens with zero attached hydrogens (tertiary/aromatic N) is 3. The number of carbonyl (C=O) groups is 1. The Labute approximate surface area is 126 Å². The largest absolute Gasteiger partial charge is 0.330 e. The number of anilines is 1. The quantitative estimate of drug-likeness (QED) is 0.832. The van der Waals surface area contributed by atoms with Gasteiger partial charge in [-0.2, -0.15) is 5.10 Å². The van der Waals surface area contributed by atoms with Crippen LogP contribution in [0.25, 0.3) is 0 Å². The zero-order valence-corrected chi connectivity index (χ0v) is 13.1. The minimum atomic E-state index is 0.0331. The van der Waals surface area contributed by atoms with Crippen molar-refractivity contribution in [3.63, 3.8) is 0 Å². The summed E-state index contributed by atoms with van der Waals surface area (Å²) in [7, 11) is 0. The molecule has 6 heteroatoms. The van der Waals surface area contributed by atoms with Crippen molar-refractivity contribution in [3.8, 4) is 0 Å². The number of amides is 1. The zero-order valence-electron chi connectivity index (χ0n) is 13.1. The minimum absolute atomic E-state index is 0.0331. The lowest BCUT2D eigenvalue weighted by atomic mass is 9.95. The van der Waals surface area contributed by atoms with Crippen LogP contribution in [-0.4, -0.2) is 46.8 Å². The van der Waals surface area contributed by atoms with Crippen LogP contribution in [0, 0.1) is 5.92 Å². The van der Waals surface area contributed by atoms with E-state index in [2.05, 4.69) is 15.3 Å². The Kier molecular flexibility index (Phi) is 5.76. The van der Waals surface area contributed by atoms with Crippen LogP contribution in [0.15, 0.2) is 12.3 Å². The van der Waals surface area contributed by atoms with Crippen LogP contribution in [-0.2, 0) is 4.79 Å². The third-order valence-corrected chi connectivity index (χ3v) is 3.97. The van der Waals surface area contributed by atoms with E-state index in [1.54, 1.807) is 6.20 Å². The van der Waals surface area contributed by atoms with Crippen molar-refractivity contribution < 1.29 is 4.79 Å². The summed E-state index contributed by atoms with van der Waals surface area (Å²) in [6, 6.07) is 2.07. The van der Waals surface area contributed by atoms with Crippen LogP contribution in [0.4, 0.5) is 5.82 Å². The summed E-state index contributed by atoms with van der Waals surface area (Å²) in [5, 5.41) is 7.19. The first-order valence-electron chi connectivity index (χ1n) is 7.86. The Morgan fingerprint density at radius 1 is 1.57 bits per heavy atom. The number of likely N-dealkylation sites (tertiary alicyclic amines) is 1. The Bertz CT molecular complexity index is 455. The van der Waals surface area contributed by atoms with Gasteiger partial charge in [0.05, 0.1) is 12.7 Å². The molecule has 1 fully saturated rings. The molecule has 1 atom stereocenters. The van der Waals surface area contributed by atoms with Gasteiger partial charge in [-0.3, -0.25) is 9.69 Å². The van der Waals surface area contributed by atoms with Gasteiger partial charge < -0.3 is 11.1 Å². The maximum absolute atomic E-state index is 12.2. The topological polar surface area (TPSA) is 76.2 Å². The van der Waals surface area contributed by atoms with Gasteiger partial charge in [-0.05, 0) is 52.1 Å².